The number of anilines is 1. The highest BCUT2D eigenvalue weighted by Crippen LogP contribution is 2.50. The third kappa shape index (κ3) is 7.49. The quantitative estimate of drug-likeness (QED) is 0.251. The number of hydrogen-bond donors (Lipinski definition) is 3. The van der Waals surface area contributed by atoms with Gasteiger partial charge in [0.05, 0.1) is 39.6 Å². The van der Waals surface area contributed by atoms with Crippen LogP contribution in [0, 0.1) is 0 Å². The summed E-state index contributed by atoms with van der Waals surface area (Å²) < 4.78 is 19.1. The second kappa shape index (κ2) is 14.6. The van der Waals surface area contributed by atoms with Gasteiger partial charge < -0.3 is 34.7 Å². The van der Waals surface area contributed by atoms with Crippen molar-refractivity contribution in [1.82, 2.24) is 15.2 Å². The van der Waals surface area contributed by atoms with E-state index in [-0.39, 0.29) is 23.3 Å². The third-order valence-electron chi connectivity index (χ3n) is 7.83. The lowest BCUT2D eigenvalue weighted by Crippen LogP contribution is -2.26. The van der Waals surface area contributed by atoms with Gasteiger partial charge >= 0.3 is 0 Å². The molecule has 1 unspecified atom stereocenters. The topological polar surface area (TPSA) is 120 Å². The smallest absolute Gasteiger partial charge is 0.220 e. The average molecular weight is 591 g/mol. The van der Waals surface area contributed by atoms with E-state index in [9.17, 15) is 14.4 Å². The Morgan fingerprint density at radius 2 is 1.79 bits per heavy atom. The number of ether oxygens (including phenoxy) is 3. The molecule has 2 aromatic carbocycles. The van der Waals surface area contributed by atoms with Crippen LogP contribution < -0.4 is 35.6 Å². The van der Waals surface area contributed by atoms with Gasteiger partial charge in [-0.3, -0.25) is 14.4 Å². The van der Waals surface area contributed by atoms with Crippen LogP contribution in [0.15, 0.2) is 47.4 Å². The number of rotatable bonds is 13. The fourth-order valence-corrected chi connectivity index (χ4v) is 5.62. The van der Waals surface area contributed by atoms with E-state index in [1.54, 1.807) is 33.5 Å². The standard InChI is InChI=1S/C33H42N4O6/c1-21(38)36-26-14-12-22-18-29(41-3)32(42-4)33(43-5)31(22)24-13-15-27(28(39)19-25(24)26)34-16-8-6-7-11-30(40)35-20-23-10-9-17-37(23)2/h9-10,13,15,17-19,26H,6-8,11-12,14,16,20H2,1-5H3,(H,34,39)(H,35,40)(H,36,38). The number of carbonyl (C=O) groups is 2. The number of aryl methyl sites for hydroxylation is 2. The summed E-state index contributed by atoms with van der Waals surface area (Å²) in [6, 6.07) is 10.8. The molecule has 0 fully saturated rings. The third-order valence-corrected chi connectivity index (χ3v) is 7.83. The van der Waals surface area contributed by atoms with Crippen molar-refractivity contribution in [3.05, 3.63) is 69.6 Å². The van der Waals surface area contributed by atoms with E-state index in [1.165, 1.54) is 6.92 Å². The number of methoxy groups -OCH3 is 3. The summed E-state index contributed by atoms with van der Waals surface area (Å²) in [7, 11) is 6.67. The fraction of sp³-hybridized carbons (Fsp3) is 0.424. The van der Waals surface area contributed by atoms with Gasteiger partial charge in [-0.25, -0.2) is 0 Å². The number of hydrogen-bond acceptors (Lipinski definition) is 7. The predicted octanol–water partition coefficient (Wildman–Crippen LogP) is 4.49. The van der Waals surface area contributed by atoms with E-state index in [4.69, 9.17) is 14.2 Å². The molecule has 43 heavy (non-hydrogen) atoms. The second-order valence-electron chi connectivity index (χ2n) is 10.7. The first kappa shape index (κ1) is 31.5. The first-order chi connectivity index (χ1) is 20.8. The highest BCUT2D eigenvalue weighted by Gasteiger charge is 2.29. The van der Waals surface area contributed by atoms with Crippen LogP contribution in [0.3, 0.4) is 0 Å². The van der Waals surface area contributed by atoms with Gasteiger partial charge in [-0.1, -0.05) is 12.5 Å². The van der Waals surface area contributed by atoms with Crippen molar-refractivity contribution < 1.29 is 23.8 Å². The second-order valence-corrected chi connectivity index (χ2v) is 10.7. The van der Waals surface area contributed by atoms with Gasteiger partial charge in [-0.05, 0) is 72.7 Å². The Hall–Kier alpha value is -4.47. The summed E-state index contributed by atoms with van der Waals surface area (Å²) in [4.78, 5) is 37.8. The number of nitrogens with zero attached hydrogens (tertiary/aromatic N) is 1. The Labute approximate surface area is 252 Å². The Kier molecular flexibility index (Phi) is 10.7. The first-order valence-electron chi connectivity index (χ1n) is 14.7. The van der Waals surface area contributed by atoms with Crippen molar-refractivity contribution in [2.45, 2.75) is 58.0 Å². The molecule has 1 aliphatic rings. The number of amides is 2. The van der Waals surface area contributed by atoms with Crippen LogP contribution >= 0.6 is 0 Å². The maximum absolute atomic E-state index is 13.4. The van der Waals surface area contributed by atoms with Crippen molar-refractivity contribution >= 4 is 17.5 Å². The summed E-state index contributed by atoms with van der Waals surface area (Å²) in [5, 5.41) is 9.27. The van der Waals surface area contributed by atoms with Crippen LogP contribution in [-0.2, 0) is 29.6 Å². The molecule has 1 aromatic heterocycles. The van der Waals surface area contributed by atoms with Gasteiger partial charge in [-0.15, -0.1) is 0 Å². The van der Waals surface area contributed by atoms with Crippen LogP contribution in [-0.4, -0.2) is 44.3 Å². The first-order valence-corrected chi connectivity index (χ1v) is 14.7. The highest BCUT2D eigenvalue weighted by molar-refractivity contribution is 5.83. The zero-order chi connectivity index (χ0) is 30.9. The van der Waals surface area contributed by atoms with Crippen molar-refractivity contribution in [2.75, 3.05) is 33.2 Å². The van der Waals surface area contributed by atoms with Crippen molar-refractivity contribution in [1.29, 1.82) is 0 Å². The van der Waals surface area contributed by atoms with E-state index in [0.717, 1.165) is 47.2 Å². The number of aromatic nitrogens is 1. The molecule has 0 radical (unpaired) electrons. The van der Waals surface area contributed by atoms with Crippen LogP contribution in [0.4, 0.5) is 5.69 Å². The molecule has 10 nitrogen and oxygen atoms in total. The van der Waals surface area contributed by atoms with Gasteiger partial charge in [0.1, 0.15) is 0 Å². The minimum absolute atomic E-state index is 0.0336. The molecule has 3 aromatic rings. The minimum Gasteiger partial charge on any atom is -0.493 e. The molecule has 0 saturated heterocycles. The highest BCUT2D eigenvalue weighted by atomic mass is 16.5. The Balaban J connectivity index is 1.49. The van der Waals surface area contributed by atoms with Crippen LogP contribution in [0.5, 0.6) is 17.2 Å². The van der Waals surface area contributed by atoms with Gasteiger partial charge in [0.15, 0.2) is 11.5 Å². The zero-order valence-corrected chi connectivity index (χ0v) is 25.7. The Bertz CT molecular complexity index is 1520. The van der Waals surface area contributed by atoms with E-state index >= 15 is 0 Å². The van der Waals surface area contributed by atoms with Crippen LogP contribution in [0.2, 0.25) is 0 Å². The number of fused-ring (bicyclic) bond motifs is 3. The zero-order valence-electron chi connectivity index (χ0n) is 25.7. The molecule has 230 valence electrons. The van der Waals surface area contributed by atoms with Gasteiger partial charge in [0, 0.05) is 44.4 Å². The number of unbranched alkanes of at least 4 members (excludes halogenated alkanes) is 2. The van der Waals surface area contributed by atoms with E-state index < -0.39 is 0 Å². The summed E-state index contributed by atoms with van der Waals surface area (Å²) >= 11 is 0. The summed E-state index contributed by atoms with van der Waals surface area (Å²) in [5.74, 6) is 1.40. The summed E-state index contributed by atoms with van der Waals surface area (Å²) in [6.07, 6.45) is 6.08. The van der Waals surface area contributed by atoms with Crippen molar-refractivity contribution in [3.63, 3.8) is 0 Å². The van der Waals surface area contributed by atoms with Crippen molar-refractivity contribution in [2.24, 2.45) is 7.05 Å². The molecular formula is C33H42N4O6. The molecule has 1 aliphatic carbocycles. The molecule has 0 bridgehead atoms. The number of benzene rings is 1. The Morgan fingerprint density at radius 1 is 1.00 bits per heavy atom. The Morgan fingerprint density at radius 3 is 2.47 bits per heavy atom. The van der Waals surface area contributed by atoms with Crippen molar-refractivity contribution in [3.8, 4) is 28.4 Å². The molecule has 1 heterocycles. The summed E-state index contributed by atoms with van der Waals surface area (Å²) in [6.45, 7) is 2.59. The molecule has 1 atom stereocenters. The van der Waals surface area contributed by atoms with Gasteiger partial charge in [0.25, 0.3) is 0 Å². The lowest BCUT2D eigenvalue weighted by Gasteiger charge is -2.19. The molecule has 0 spiro atoms. The SMILES string of the molecule is COc1cc2c(c(OC)c1OC)-c1ccc(NCCCCCC(=O)NCc3cccn3C)c(=O)cc1C(NC(C)=O)CC2. The van der Waals surface area contributed by atoms with Gasteiger partial charge in [-0.2, -0.15) is 0 Å². The molecule has 3 N–H and O–H groups in total. The molecule has 10 heteroatoms. The maximum atomic E-state index is 13.4. The molecule has 2 amide bonds. The monoisotopic (exact) mass is 590 g/mol. The summed E-state index contributed by atoms with van der Waals surface area (Å²) in [5.41, 5.74) is 4.66. The lowest BCUT2D eigenvalue weighted by molar-refractivity contribution is -0.121. The molecule has 0 aliphatic heterocycles. The largest absolute Gasteiger partial charge is 0.493 e. The minimum atomic E-state index is -0.359. The van der Waals surface area contributed by atoms with Crippen LogP contribution in [0.1, 0.15) is 61.9 Å². The maximum Gasteiger partial charge on any atom is 0.220 e. The molecule has 0 saturated carbocycles. The fourth-order valence-electron chi connectivity index (χ4n) is 5.62. The number of carbonyl (C=O) groups excluding carboxylic acids is 2. The predicted molar refractivity (Wildman–Crippen MR) is 167 cm³/mol. The van der Waals surface area contributed by atoms with E-state index in [0.29, 0.717) is 55.3 Å². The van der Waals surface area contributed by atoms with E-state index in [2.05, 4.69) is 16.0 Å². The average Bonchev–Trinajstić information content (AvgIpc) is 3.26. The van der Waals surface area contributed by atoms with Gasteiger partial charge in [0.2, 0.25) is 23.0 Å². The normalized spacial score (nSPS) is 13.7. The number of nitrogens with one attached hydrogen (secondary N) is 3. The van der Waals surface area contributed by atoms with Crippen LogP contribution in [0.25, 0.3) is 11.1 Å². The molecule has 4 rings (SSSR count). The van der Waals surface area contributed by atoms with E-state index in [1.807, 2.05) is 42.1 Å². The molecular weight excluding hydrogens is 548 g/mol. The lowest BCUT2D eigenvalue weighted by atomic mass is 9.95.